The molecule has 0 spiro atoms. The van der Waals surface area contributed by atoms with E-state index in [4.69, 9.17) is 4.74 Å². The van der Waals surface area contributed by atoms with Crippen LogP contribution in [0.25, 0.3) is 0 Å². The summed E-state index contributed by atoms with van der Waals surface area (Å²) >= 11 is 0. The summed E-state index contributed by atoms with van der Waals surface area (Å²) in [6, 6.07) is 14.6. The molecule has 0 aliphatic rings. The Hall–Kier alpha value is -2.60. The van der Waals surface area contributed by atoms with Gasteiger partial charge in [-0.15, -0.1) is 0 Å². The lowest BCUT2D eigenvalue weighted by Crippen LogP contribution is -2.27. The average molecular weight is 315 g/mol. The van der Waals surface area contributed by atoms with Gasteiger partial charge in [-0.1, -0.05) is 24.3 Å². The third kappa shape index (κ3) is 4.20. The van der Waals surface area contributed by atoms with E-state index in [1.165, 1.54) is 6.07 Å². The molecule has 122 valence electrons. The maximum Gasteiger partial charge on any atom is 0.292 e. The first-order valence-corrected chi connectivity index (χ1v) is 7.30. The van der Waals surface area contributed by atoms with Crippen LogP contribution in [0.4, 0.5) is 11.4 Å². The fourth-order valence-corrected chi connectivity index (χ4v) is 2.44. The minimum Gasteiger partial charge on any atom is -0.497 e. The number of anilines is 1. The predicted molar refractivity (Wildman–Crippen MR) is 91.0 cm³/mol. The SMILES string of the molecule is COc1cccc([C@H](CNc2ccccc2[N+](=O)[O-])N(C)C)c1. The molecule has 0 fully saturated rings. The highest BCUT2D eigenvalue weighted by Gasteiger charge is 2.17. The van der Waals surface area contributed by atoms with Crippen molar-refractivity contribution in [1.29, 1.82) is 0 Å². The predicted octanol–water partition coefficient (Wildman–Crippen LogP) is 3.32. The van der Waals surface area contributed by atoms with Gasteiger partial charge in [0.1, 0.15) is 11.4 Å². The van der Waals surface area contributed by atoms with E-state index < -0.39 is 0 Å². The third-order valence-electron chi connectivity index (χ3n) is 3.69. The van der Waals surface area contributed by atoms with Crippen LogP contribution in [0.1, 0.15) is 11.6 Å². The molecule has 0 aliphatic carbocycles. The van der Waals surface area contributed by atoms with Crippen LogP contribution < -0.4 is 10.1 Å². The summed E-state index contributed by atoms with van der Waals surface area (Å²) in [4.78, 5) is 12.8. The Bertz CT molecular complexity index is 674. The van der Waals surface area contributed by atoms with Crippen LogP contribution in [0.3, 0.4) is 0 Å². The van der Waals surface area contributed by atoms with Crippen molar-refractivity contribution in [1.82, 2.24) is 4.90 Å². The summed E-state index contributed by atoms with van der Waals surface area (Å²) in [6.07, 6.45) is 0. The van der Waals surface area contributed by atoms with Crippen molar-refractivity contribution in [2.45, 2.75) is 6.04 Å². The highest BCUT2D eigenvalue weighted by molar-refractivity contribution is 5.61. The zero-order valence-electron chi connectivity index (χ0n) is 13.5. The molecule has 1 atom stereocenters. The second kappa shape index (κ2) is 7.60. The van der Waals surface area contributed by atoms with Gasteiger partial charge in [-0.05, 0) is 37.9 Å². The lowest BCUT2D eigenvalue weighted by Gasteiger charge is -2.25. The van der Waals surface area contributed by atoms with Crippen LogP contribution in [-0.4, -0.2) is 37.6 Å². The molecule has 0 amide bonds. The van der Waals surface area contributed by atoms with Crippen LogP contribution in [0, 0.1) is 10.1 Å². The first-order chi connectivity index (χ1) is 11.0. The molecule has 0 aromatic heterocycles. The van der Waals surface area contributed by atoms with E-state index in [1.807, 2.05) is 38.4 Å². The second-order valence-corrected chi connectivity index (χ2v) is 5.41. The Kier molecular flexibility index (Phi) is 5.54. The van der Waals surface area contributed by atoms with E-state index >= 15 is 0 Å². The second-order valence-electron chi connectivity index (χ2n) is 5.41. The number of benzene rings is 2. The van der Waals surface area contributed by atoms with Gasteiger partial charge in [0.15, 0.2) is 0 Å². The van der Waals surface area contributed by atoms with Gasteiger partial charge in [0.2, 0.25) is 0 Å². The summed E-state index contributed by atoms with van der Waals surface area (Å²) < 4.78 is 5.27. The molecule has 0 unspecified atom stereocenters. The molecule has 2 rings (SSSR count). The van der Waals surface area contributed by atoms with E-state index in [2.05, 4.69) is 10.2 Å². The number of nitro groups is 1. The first kappa shape index (κ1) is 16.8. The number of nitrogens with zero attached hydrogens (tertiary/aromatic N) is 2. The number of hydrogen-bond donors (Lipinski definition) is 1. The minimum absolute atomic E-state index is 0.0601. The minimum atomic E-state index is -0.376. The Balaban J connectivity index is 2.19. The van der Waals surface area contributed by atoms with Crippen LogP contribution in [0.2, 0.25) is 0 Å². The molecule has 0 aliphatic heterocycles. The molecule has 0 bridgehead atoms. The molecule has 0 heterocycles. The molecule has 1 N–H and O–H groups in total. The lowest BCUT2D eigenvalue weighted by atomic mass is 10.1. The Morgan fingerprint density at radius 3 is 2.61 bits per heavy atom. The molecule has 0 saturated heterocycles. The average Bonchev–Trinajstić information content (AvgIpc) is 2.55. The number of nitro benzene ring substituents is 1. The topological polar surface area (TPSA) is 67.6 Å². The van der Waals surface area contributed by atoms with E-state index in [0.717, 1.165) is 11.3 Å². The zero-order valence-corrected chi connectivity index (χ0v) is 13.5. The van der Waals surface area contributed by atoms with Crippen molar-refractivity contribution in [2.75, 3.05) is 33.1 Å². The van der Waals surface area contributed by atoms with Gasteiger partial charge < -0.3 is 15.0 Å². The fraction of sp³-hybridized carbons (Fsp3) is 0.294. The van der Waals surface area contributed by atoms with Crippen molar-refractivity contribution in [3.63, 3.8) is 0 Å². The smallest absolute Gasteiger partial charge is 0.292 e. The number of methoxy groups -OCH3 is 1. The first-order valence-electron chi connectivity index (χ1n) is 7.30. The summed E-state index contributed by atoms with van der Waals surface area (Å²) in [6.45, 7) is 0.547. The van der Waals surface area contributed by atoms with Crippen LogP contribution in [0.5, 0.6) is 5.75 Å². The van der Waals surface area contributed by atoms with E-state index in [9.17, 15) is 10.1 Å². The summed E-state index contributed by atoms with van der Waals surface area (Å²) in [5.74, 6) is 0.792. The molecule has 23 heavy (non-hydrogen) atoms. The zero-order chi connectivity index (χ0) is 16.8. The molecule has 6 nitrogen and oxygen atoms in total. The highest BCUT2D eigenvalue weighted by atomic mass is 16.6. The maximum absolute atomic E-state index is 11.1. The molecule has 0 radical (unpaired) electrons. The molecule has 2 aromatic rings. The number of nitrogens with one attached hydrogen (secondary N) is 1. The molecular weight excluding hydrogens is 294 g/mol. The fourth-order valence-electron chi connectivity index (χ4n) is 2.44. The van der Waals surface area contributed by atoms with Crippen molar-refractivity contribution >= 4 is 11.4 Å². The molecule has 0 saturated carbocycles. The van der Waals surface area contributed by atoms with Gasteiger partial charge in [-0.3, -0.25) is 10.1 Å². The summed E-state index contributed by atoms with van der Waals surface area (Å²) in [7, 11) is 5.59. The number of likely N-dealkylation sites (N-methyl/N-ethyl adjacent to an activating group) is 1. The maximum atomic E-state index is 11.1. The number of ether oxygens (including phenoxy) is 1. The van der Waals surface area contributed by atoms with E-state index in [0.29, 0.717) is 12.2 Å². The molecular formula is C17H21N3O3. The lowest BCUT2D eigenvalue weighted by molar-refractivity contribution is -0.384. The van der Waals surface area contributed by atoms with Crippen LogP contribution >= 0.6 is 0 Å². The van der Waals surface area contributed by atoms with Crippen molar-refractivity contribution in [3.05, 3.63) is 64.2 Å². The highest BCUT2D eigenvalue weighted by Crippen LogP contribution is 2.26. The summed E-state index contributed by atoms with van der Waals surface area (Å²) in [5.41, 5.74) is 1.68. The van der Waals surface area contributed by atoms with Gasteiger partial charge in [-0.2, -0.15) is 0 Å². The Morgan fingerprint density at radius 1 is 1.22 bits per heavy atom. The number of para-hydroxylation sites is 2. The Morgan fingerprint density at radius 2 is 1.96 bits per heavy atom. The van der Waals surface area contributed by atoms with Gasteiger partial charge in [0, 0.05) is 12.6 Å². The monoisotopic (exact) mass is 315 g/mol. The summed E-state index contributed by atoms with van der Waals surface area (Å²) in [5, 5.41) is 14.3. The van der Waals surface area contributed by atoms with E-state index in [1.54, 1.807) is 25.3 Å². The standard InChI is InChI=1S/C17H21N3O3/c1-19(2)17(13-7-6-8-14(11-13)23-3)12-18-15-9-4-5-10-16(15)20(21)22/h4-11,17-18H,12H2,1-3H3/t17-/m0/s1. The number of rotatable bonds is 7. The molecule has 6 heteroatoms. The van der Waals surface area contributed by atoms with Crippen LogP contribution in [-0.2, 0) is 0 Å². The Labute approximate surface area is 135 Å². The van der Waals surface area contributed by atoms with Crippen molar-refractivity contribution < 1.29 is 9.66 Å². The largest absolute Gasteiger partial charge is 0.497 e. The number of hydrogen-bond acceptors (Lipinski definition) is 5. The van der Waals surface area contributed by atoms with E-state index in [-0.39, 0.29) is 16.7 Å². The van der Waals surface area contributed by atoms with Gasteiger partial charge in [0.25, 0.3) is 5.69 Å². The van der Waals surface area contributed by atoms with Gasteiger partial charge in [0.05, 0.1) is 18.1 Å². The van der Waals surface area contributed by atoms with Gasteiger partial charge >= 0.3 is 0 Å². The van der Waals surface area contributed by atoms with Crippen molar-refractivity contribution in [3.8, 4) is 5.75 Å². The van der Waals surface area contributed by atoms with Gasteiger partial charge in [-0.25, -0.2) is 0 Å². The normalized spacial score (nSPS) is 12.0. The van der Waals surface area contributed by atoms with Crippen molar-refractivity contribution in [2.24, 2.45) is 0 Å². The molecule has 2 aromatic carbocycles. The quantitative estimate of drug-likeness (QED) is 0.627. The third-order valence-corrected chi connectivity index (χ3v) is 3.69. The van der Waals surface area contributed by atoms with Crippen LogP contribution in [0.15, 0.2) is 48.5 Å².